The number of carboxylic acid groups (broad SMARTS) is 1. The highest BCUT2D eigenvalue weighted by atomic mass is 32.1. The monoisotopic (exact) mass is 711 g/mol. The molecule has 0 amide bonds. The molecule has 3 fully saturated rings. The van der Waals surface area contributed by atoms with Gasteiger partial charge in [0, 0.05) is 43.4 Å². The predicted molar refractivity (Wildman–Crippen MR) is 177 cm³/mol. The number of hydrogen-bond acceptors (Lipinski definition) is 6. The van der Waals surface area contributed by atoms with Gasteiger partial charge in [-0.1, -0.05) is 12.1 Å². The number of pyridine rings is 1. The number of ether oxygens (including phenoxy) is 1. The summed E-state index contributed by atoms with van der Waals surface area (Å²) in [5, 5.41) is 7.50. The second kappa shape index (κ2) is 12.9. The molecule has 0 unspecified atom stereocenters. The number of anilines is 1. The molecule has 1 aromatic heterocycles. The molecule has 3 aliphatic rings. The van der Waals surface area contributed by atoms with Crippen molar-refractivity contribution < 1.29 is 47.7 Å². The fraction of sp³-hybridized carbons (Fsp3) is 0.433. The maximum absolute atomic E-state index is 15.9. The molecule has 0 bridgehead atoms. The molecule has 254 valence electrons. The van der Waals surface area contributed by atoms with E-state index in [0.29, 0.717) is 24.2 Å². The van der Waals surface area contributed by atoms with Gasteiger partial charge in [0.15, 0.2) is 17.0 Å². The third-order valence-electron chi connectivity index (χ3n) is 9.20. The summed E-state index contributed by atoms with van der Waals surface area (Å²) < 4.78 is 46.8. The number of thiol groups is 1. The molecule has 17 heteroatoms. The predicted octanol–water partition coefficient (Wildman–Crippen LogP) is 3.59. The van der Waals surface area contributed by atoms with Gasteiger partial charge < -0.3 is 38.9 Å². The Labute approximate surface area is 272 Å². The quantitative estimate of drug-likeness (QED) is 0.102. The van der Waals surface area contributed by atoms with E-state index in [0.717, 1.165) is 54.5 Å². The number of carboxylic acids is 1. The first-order valence-electron chi connectivity index (χ1n) is 15.1. The van der Waals surface area contributed by atoms with Gasteiger partial charge in [-0.05, 0) is 66.7 Å². The third-order valence-corrected chi connectivity index (χ3v) is 13.9. The fourth-order valence-corrected chi connectivity index (χ4v) is 10.1. The molecule has 2 aliphatic heterocycles. The Kier molecular flexibility index (Phi) is 9.31. The van der Waals surface area contributed by atoms with Gasteiger partial charge in [0.2, 0.25) is 5.43 Å². The zero-order valence-corrected chi connectivity index (χ0v) is 28.0. The number of aromatic carboxylic acids is 1. The molecular formula is C30H36FN3O10P2S. The second-order valence-electron chi connectivity index (χ2n) is 12.3. The lowest BCUT2D eigenvalue weighted by atomic mass is 9.93. The van der Waals surface area contributed by atoms with Crippen LogP contribution in [0.25, 0.3) is 10.9 Å². The summed E-state index contributed by atoms with van der Waals surface area (Å²) in [5.74, 6) is -1.57. The van der Waals surface area contributed by atoms with Crippen LogP contribution in [0.15, 0.2) is 46.2 Å². The summed E-state index contributed by atoms with van der Waals surface area (Å²) in [6.07, 6.45) is 4.39. The summed E-state index contributed by atoms with van der Waals surface area (Å²) in [6.45, 7) is 1.87. The molecule has 2 saturated heterocycles. The minimum atomic E-state index is -5.03. The van der Waals surface area contributed by atoms with E-state index in [1.165, 1.54) is 13.3 Å². The van der Waals surface area contributed by atoms with Crippen LogP contribution >= 0.6 is 26.5 Å². The van der Waals surface area contributed by atoms with Crippen molar-refractivity contribution in [2.75, 3.05) is 31.6 Å². The SMILES string of the molecule is COc1c(N2C[C@H]3CCCN(C=[SH]c4ccc(CC(P(=O)(O)O)P(=O)(O)O)cc4)[C@H]3C2)c(F)cc2c(=O)c(C(=O)O)cn(C3CC3)c12. The normalized spacial score (nSPS) is 21.0. The molecule has 0 spiro atoms. The average molecular weight is 712 g/mol. The molecule has 3 aromatic rings. The lowest BCUT2D eigenvalue weighted by Gasteiger charge is -2.34. The van der Waals surface area contributed by atoms with Gasteiger partial charge in [-0.3, -0.25) is 18.8 Å². The smallest absolute Gasteiger partial charge is 0.341 e. The Hall–Kier alpha value is -2.87. The van der Waals surface area contributed by atoms with E-state index in [1.807, 2.05) is 4.90 Å². The Morgan fingerprint density at radius 2 is 1.79 bits per heavy atom. The number of aromatic nitrogens is 1. The molecule has 13 nitrogen and oxygen atoms in total. The fourth-order valence-electron chi connectivity index (χ4n) is 6.77. The summed E-state index contributed by atoms with van der Waals surface area (Å²) >= 11 is 0.837. The van der Waals surface area contributed by atoms with Crippen molar-refractivity contribution >= 4 is 54.6 Å². The highest BCUT2D eigenvalue weighted by molar-refractivity contribution is 7.97. The van der Waals surface area contributed by atoms with E-state index in [2.05, 4.69) is 10.4 Å². The van der Waals surface area contributed by atoms with Crippen LogP contribution in [0.1, 0.15) is 47.6 Å². The first-order chi connectivity index (χ1) is 22.2. The lowest BCUT2D eigenvalue weighted by Crippen LogP contribution is -2.43. The highest BCUT2D eigenvalue weighted by Gasteiger charge is 2.43. The van der Waals surface area contributed by atoms with Crippen LogP contribution in [-0.2, 0) is 15.6 Å². The summed E-state index contributed by atoms with van der Waals surface area (Å²) in [6, 6.07) is 7.90. The standard InChI is InChI=1S/C30H36FN3O10P2S/c1-44-29-26-21(28(35)22(30(36)37)14-34(26)19-6-7-19)12-23(31)27(29)33-13-18-3-2-10-32(24(18)15-33)16-47-20-8-4-17(5-9-20)11-25(45(38,39)40)46(41,42)43/h4-5,8-9,12,14,16,18-19,24-25,47H,2-3,6-7,10-11,13,15H2,1H3,(H,36,37)(H2,38,39,40)(H2,41,42,43)/t18-,24+/m1/s1. The third kappa shape index (κ3) is 6.86. The van der Waals surface area contributed by atoms with Crippen molar-refractivity contribution in [3.63, 3.8) is 0 Å². The lowest BCUT2D eigenvalue weighted by molar-refractivity contribution is 0.0694. The minimum Gasteiger partial charge on any atom is -0.492 e. The minimum absolute atomic E-state index is 0.00122. The molecule has 2 aromatic carbocycles. The number of halogens is 1. The Balaban J connectivity index is 1.25. The summed E-state index contributed by atoms with van der Waals surface area (Å²) in [7, 11) is -8.63. The first kappa shape index (κ1) is 34.0. The van der Waals surface area contributed by atoms with Gasteiger partial charge in [-0.25, -0.2) is 9.18 Å². The summed E-state index contributed by atoms with van der Waals surface area (Å²) in [5.41, 5.74) is 1.94. The van der Waals surface area contributed by atoms with Crippen LogP contribution in [0.4, 0.5) is 10.1 Å². The van der Waals surface area contributed by atoms with Gasteiger partial charge in [0.25, 0.3) is 0 Å². The van der Waals surface area contributed by atoms with E-state index >= 15 is 4.39 Å². The molecule has 3 heterocycles. The Bertz CT molecular complexity index is 1880. The molecule has 1 aliphatic carbocycles. The van der Waals surface area contributed by atoms with Gasteiger partial charge in [0.1, 0.15) is 11.3 Å². The van der Waals surface area contributed by atoms with Crippen LogP contribution in [0.2, 0.25) is 0 Å². The molecule has 6 rings (SSSR count). The zero-order chi connectivity index (χ0) is 33.8. The molecule has 47 heavy (non-hydrogen) atoms. The van der Waals surface area contributed by atoms with Crippen molar-refractivity contribution in [2.45, 2.75) is 54.5 Å². The van der Waals surface area contributed by atoms with E-state index in [1.54, 1.807) is 28.8 Å². The number of piperidine rings is 1. The van der Waals surface area contributed by atoms with Crippen LogP contribution in [-0.4, -0.2) is 83.8 Å². The molecule has 5 N–H and O–H groups in total. The van der Waals surface area contributed by atoms with Crippen molar-refractivity contribution in [1.29, 1.82) is 0 Å². The van der Waals surface area contributed by atoms with Crippen molar-refractivity contribution in [2.24, 2.45) is 5.92 Å². The van der Waals surface area contributed by atoms with Crippen molar-refractivity contribution in [3.8, 4) is 5.75 Å². The van der Waals surface area contributed by atoms with Crippen LogP contribution in [0.3, 0.4) is 0 Å². The van der Waals surface area contributed by atoms with E-state index in [4.69, 9.17) is 4.74 Å². The number of likely N-dealkylation sites (tertiary alicyclic amines) is 1. The van der Waals surface area contributed by atoms with Crippen LogP contribution in [0, 0.1) is 11.7 Å². The molecular weight excluding hydrogens is 675 g/mol. The Morgan fingerprint density at radius 3 is 2.38 bits per heavy atom. The Morgan fingerprint density at radius 1 is 1.11 bits per heavy atom. The molecule has 2 atom stereocenters. The van der Waals surface area contributed by atoms with Crippen molar-refractivity contribution in [3.05, 3.63) is 63.7 Å². The maximum Gasteiger partial charge on any atom is 0.341 e. The molecule has 1 saturated carbocycles. The number of fused-ring (bicyclic) bond motifs is 2. The van der Waals surface area contributed by atoms with Gasteiger partial charge in [-0.2, -0.15) is 11.4 Å². The second-order valence-corrected chi connectivity index (χ2v) is 17.4. The topological polar surface area (TPSA) is 190 Å². The van der Waals surface area contributed by atoms with Gasteiger partial charge in [0.05, 0.1) is 18.0 Å². The van der Waals surface area contributed by atoms with Crippen LogP contribution in [0.5, 0.6) is 5.75 Å². The number of methoxy groups -OCH3 is 1. The largest absolute Gasteiger partial charge is 0.492 e. The number of carbonyl (C=O) groups is 1. The number of rotatable bonds is 10. The number of benzene rings is 2. The van der Waals surface area contributed by atoms with E-state index in [9.17, 15) is 43.4 Å². The first-order valence-corrected chi connectivity index (χ1v) is 19.4. The van der Waals surface area contributed by atoms with Gasteiger partial charge in [-0.15, -0.1) is 0 Å². The zero-order valence-electron chi connectivity index (χ0n) is 25.3. The van der Waals surface area contributed by atoms with E-state index in [-0.39, 0.29) is 34.8 Å². The van der Waals surface area contributed by atoms with Crippen molar-refractivity contribution in [1.82, 2.24) is 9.47 Å². The van der Waals surface area contributed by atoms with E-state index < -0.39 is 49.8 Å². The number of hydrogen-bond donors (Lipinski definition) is 6. The number of nitrogens with zero attached hydrogens (tertiary/aromatic N) is 3. The molecule has 0 radical (unpaired) electrons. The maximum atomic E-state index is 15.9. The summed E-state index contributed by atoms with van der Waals surface area (Å²) in [4.78, 5) is 67.7. The average Bonchev–Trinajstić information content (AvgIpc) is 3.75. The van der Waals surface area contributed by atoms with Gasteiger partial charge >= 0.3 is 21.2 Å². The highest BCUT2D eigenvalue weighted by Crippen LogP contribution is 2.61. The van der Waals surface area contributed by atoms with Crippen LogP contribution < -0.4 is 15.1 Å².